The Morgan fingerprint density at radius 2 is 2.17 bits per heavy atom. The van der Waals surface area contributed by atoms with E-state index in [9.17, 15) is 4.79 Å². The Labute approximate surface area is 150 Å². The van der Waals surface area contributed by atoms with Crippen LogP contribution in [-0.2, 0) is 9.63 Å². The zero-order valence-corrected chi connectivity index (χ0v) is 14.7. The molecule has 0 aliphatic carbocycles. The third-order valence-electron chi connectivity index (χ3n) is 3.17. The van der Waals surface area contributed by atoms with Crippen molar-refractivity contribution in [3.8, 4) is 0 Å². The minimum absolute atomic E-state index is 0.237. The van der Waals surface area contributed by atoms with E-state index in [1.165, 1.54) is 12.3 Å². The summed E-state index contributed by atoms with van der Waals surface area (Å²) in [5.74, 6) is -0.129. The van der Waals surface area contributed by atoms with Gasteiger partial charge in [-0.2, -0.15) is 0 Å². The average Bonchev–Trinajstić information content (AvgIpc) is 3.00. The second kappa shape index (κ2) is 6.86. The molecule has 1 aromatic carbocycles. The number of oxime groups is 1. The second-order valence-corrected chi connectivity index (χ2v) is 6.58. The van der Waals surface area contributed by atoms with Gasteiger partial charge in [0.2, 0.25) is 6.10 Å². The predicted octanol–water partition coefficient (Wildman–Crippen LogP) is 4.28. The normalized spacial score (nSPS) is 16.7. The molecule has 3 rings (SSSR count). The van der Waals surface area contributed by atoms with E-state index in [1.54, 1.807) is 0 Å². The Kier molecular flexibility index (Phi) is 4.84. The lowest BCUT2D eigenvalue weighted by Crippen LogP contribution is -2.28. The number of aromatic nitrogens is 1. The van der Waals surface area contributed by atoms with Gasteiger partial charge in [-0.05, 0) is 18.2 Å². The van der Waals surface area contributed by atoms with Crippen molar-refractivity contribution in [3.63, 3.8) is 0 Å². The number of benzene rings is 1. The van der Waals surface area contributed by atoms with Gasteiger partial charge in [0.15, 0.2) is 5.82 Å². The van der Waals surface area contributed by atoms with Crippen LogP contribution in [0.3, 0.4) is 0 Å². The van der Waals surface area contributed by atoms with Gasteiger partial charge in [0.05, 0.1) is 15.8 Å². The van der Waals surface area contributed by atoms with Crippen LogP contribution in [0.25, 0.3) is 0 Å². The fourth-order valence-corrected chi connectivity index (χ4v) is 2.89. The zero-order valence-electron chi connectivity index (χ0n) is 11.6. The van der Waals surface area contributed by atoms with Gasteiger partial charge in [-0.15, -0.1) is 0 Å². The Morgan fingerprint density at radius 3 is 2.91 bits per heavy atom. The minimum Gasteiger partial charge on any atom is -0.382 e. The Morgan fingerprint density at radius 1 is 1.35 bits per heavy atom. The van der Waals surface area contributed by atoms with Crippen molar-refractivity contribution in [2.75, 3.05) is 5.32 Å². The van der Waals surface area contributed by atoms with Gasteiger partial charge in [-0.1, -0.05) is 56.4 Å². The van der Waals surface area contributed by atoms with E-state index in [1.807, 2.05) is 24.3 Å². The number of hydrogen-bond acceptors (Lipinski definition) is 4. The molecule has 5 nitrogen and oxygen atoms in total. The van der Waals surface area contributed by atoms with Gasteiger partial charge < -0.3 is 10.2 Å². The topological polar surface area (TPSA) is 63.6 Å². The van der Waals surface area contributed by atoms with Crippen LogP contribution in [0.4, 0.5) is 5.82 Å². The van der Waals surface area contributed by atoms with Gasteiger partial charge in [-0.25, -0.2) is 4.98 Å². The highest BCUT2D eigenvalue weighted by atomic mass is 79.9. The van der Waals surface area contributed by atoms with E-state index in [2.05, 4.69) is 31.4 Å². The number of anilines is 1. The van der Waals surface area contributed by atoms with E-state index < -0.39 is 6.10 Å². The summed E-state index contributed by atoms with van der Waals surface area (Å²) in [6.45, 7) is 0. The minimum atomic E-state index is -0.725. The molecule has 1 N–H and O–H groups in total. The van der Waals surface area contributed by atoms with Crippen molar-refractivity contribution in [3.05, 3.63) is 56.6 Å². The highest BCUT2D eigenvalue weighted by Crippen LogP contribution is 2.24. The van der Waals surface area contributed by atoms with Crippen LogP contribution < -0.4 is 5.32 Å². The predicted molar refractivity (Wildman–Crippen MR) is 93.1 cm³/mol. The lowest BCUT2D eigenvalue weighted by Gasteiger charge is -2.10. The van der Waals surface area contributed by atoms with Crippen molar-refractivity contribution >= 4 is 56.6 Å². The molecule has 2 aromatic rings. The molecule has 0 fully saturated rings. The van der Waals surface area contributed by atoms with Crippen molar-refractivity contribution in [2.24, 2.45) is 5.16 Å². The van der Waals surface area contributed by atoms with E-state index >= 15 is 0 Å². The molecule has 1 aliphatic rings. The van der Waals surface area contributed by atoms with Crippen LogP contribution in [0, 0.1) is 0 Å². The van der Waals surface area contributed by atoms with Gasteiger partial charge in [0.1, 0.15) is 0 Å². The smallest absolute Gasteiger partial charge is 0.269 e. The van der Waals surface area contributed by atoms with Crippen LogP contribution in [0.15, 0.2) is 46.2 Å². The highest BCUT2D eigenvalue weighted by molar-refractivity contribution is 9.10. The molecular formula is C15H10BrCl2N3O2. The first-order valence-corrected chi connectivity index (χ1v) is 8.18. The monoisotopic (exact) mass is 413 g/mol. The quantitative estimate of drug-likeness (QED) is 0.814. The number of nitrogens with zero attached hydrogens (tertiary/aromatic N) is 2. The second-order valence-electron chi connectivity index (χ2n) is 4.82. The molecule has 1 unspecified atom stereocenters. The number of hydrogen-bond donors (Lipinski definition) is 1. The summed E-state index contributed by atoms with van der Waals surface area (Å²) >= 11 is 15.2. The SMILES string of the molecule is O=C(Nc1ncc(Cl)cc1Cl)C1CC(c2cccc(Br)c2)=NO1. The van der Waals surface area contributed by atoms with Crippen LogP contribution in [0.1, 0.15) is 12.0 Å². The van der Waals surface area contributed by atoms with E-state index in [4.69, 9.17) is 28.0 Å². The summed E-state index contributed by atoms with van der Waals surface area (Å²) in [6, 6.07) is 9.14. The summed E-state index contributed by atoms with van der Waals surface area (Å²) in [4.78, 5) is 21.4. The number of carbonyl (C=O) groups excluding carboxylic acids is 1. The molecule has 0 radical (unpaired) electrons. The Hall–Kier alpha value is -1.63. The van der Waals surface area contributed by atoms with Crippen LogP contribution in [0.2, 0.25) is 10.0 Å². The first-order valence-electron chi connectivity index (χ1n) is 6.63. The summed E-state index contributed by atoms with van der Waals surface area (Å²) in [5.41, 5.74) is 1.61. The standard InChI is InChI=1S/C15H10BrCl2N3O2/c16-9-3-1-2-8(4-9)12-6-13(23-21-12)15(22)20-14-11(18)5-10(17)7-19-14/h1-5,7,13H,6H2,(H,19,20,22). The van der Waals surface area contributed by atoms with E-state index in [0.717, 1.165) is 10.0 Å². The summed E-state index contributed by atoms with van der Waals surface area (Å²) in [6.07, 6.45) is 1.05. The Balaban J connectivity index is 1.67. The summed E-state index contributed by atoms with van der Waals surface area (Å²) in [5, 5.41) is 7.26. The third-order valence-corrected chi connectivity index (χ3v) is 4.16. The molecule has 0 saturated carbocycles. The number of nitrogens with one attached hydrogen (secondary N) is 1. The van der Waals surface area contributed by atoms with Crippen LogP contribution >= 0.6 is 39.1 Å². The molecular weight excluding hydrogens is 405 g/mol. The third kappa shape index (κ3) is 3.83. The lowest BCUT2D eigenvalue weighted by molar-refractivity contribution is -0.125. The maximum atomic E-state index is 12.2. The van der Waals surface area contributed by atoms with Gasteiger partial charge >= 0.3 is 0 Å². The molecule has 1 atom stereocenters. The molecule has 23 heavy (non-hydrogen) atoms. The van der Waals surface area contributed by atoms with Crippen LogP contribution in [-0.4, -0.2) is 22.7 Å². The highest BCUT2D eigenvalue weighted by Gasteiger charge is 2.29. The fraction of sp³-hybridized carbons (Fsp3) is 0.133. The number of amides is 1. The first-order chi connectivity index (χ1) is 11.0. The van der Waals surface area contributed by atoms with Crippen LogP contribution in [0.5, 0.6) is 0 Å². The Bertz CT molecular complexity index is 798. The van der Waals surface area contributed by atoms with E-state index in [0.29, 0.717) is 17.2 Å². The van der Waals surface area contributed by atoms with Gasteiger partial charge in [0.25, 0.3) is 5.91 Å². The van der Waals surface area contributed by atoms with Crippen molar-refractivity contribution in [2.45, 2.75) is 12.5 Å². The van der Waals surface area contributed by atoms with Crippen molar-refractivity contribution < 1.29 is 9.63 Å². The van der Waals surface area contributed by atoms with Crippen molar-refractivity contribution in [1.82, 2.24) is 4.98 Å². The molecule has 0 spiro atoms. The van der Waals surface area contributed by atoms with Gasteiger partial charge in [-0.3, -0.25) is 4.79 Å². The number of carbonyl (C=O) groups is 1. The van der Waals surface area contributed by atoms with Crippen molar-refractivity contribution in [1.29, 1.82) is 0 Å². The molecule has 1 amide bonds. The van der Waals surface area contributed by atoms with E-state index in [-0.39, 0.29) is 16.7 Å². The zero-order chi connectivity index (χ0) is 16.4. The average molecular weight is 415 g/mol. The molecule has 118 valence electrons. The molecule has 0 saturated heterocycles. The number of halogens is 3. The number of pyridine rings is 1. The summed E-state index contributed by atoms with van der Waals surface area (Å²) in [7, 11) is 0. The maximum Gasteiger partial charge on any atom is 0.269 e. The van der Waals surface area contributed by atoms with Gasteiger partial charge in [0, 0.05) is 22.7 Å². The fourth-order valence-electron chi connectivity index (χ4n) is 2.06. The number of rotatable bonds is 3. The summed E-state index contributed by atoms with van der Waals surface area (Å²) < 4.78 is 0.933. The molecule has 8 heteroatoms. The largest absolute Gasteiger partial charge is 0.382 e. The maximum absolute atomic E-state index is 12.2. The lowest BCUT2D eigenvalue weighted by atomic mass is 10.0. The molecule has 1 aromatic heterocycles. The molecule has 2 heterocycles. The molecule has 0 bridgehead atoms. The molecule has 1 aliphatic heterocycles. The first kappa shape index (κ1) is 16.2.